The fourth-order valence-electron chi connectivity index (χ4n) is 5.09. The first-order chi connectivity index (χ1) is 20.5. The molecule has 42 heavy (non-hydrogen) atoms. The highest BCUT2D eigenvalue weighted by Crippen LogP contribution is 2.19. The first-order valence-electron chi connectivity index (χ1n) is 14.3. The van der Waals surface area contributed by atoms with Gasteiger partial charge in [0, 0.05) is 44.6 Å². The molecule has 8 nitrogen and oxygen atoms in total. The Balaban J connectivity index is 1.11. The zero-order valence-corrected chi connectivity index (χ0v) is 24.4. The van der Waals surface area contributed by atoms with Crippen LogP contribution in [0, 0.1) is 0 Å². The lowest BCUT2D eigenvalue weighted by Crippen LogP contribution is -2.48. The lowest BCUT2D eigenvalue weighted by atomic mass is 10.0. The maximum absolute atomic E-state index is 12.8. The standard InChI is InChI=1S/C33H37N5O3S/c39-30-13-11-27(12-14-30)19-28(35-31(40)20-25-7-3-1-4-8-25)22-34-33-36-29(24-42-33)23-37-15-17-38(18-16-37)32(41)21-26-9-5-2-6-10-26/h1-14,24,28,39H,15-23H2,(H,34,36)(H,35,40)/t28-/m1/s1. The number of anilines is 1. The quantitative estimate of drug-likeness (QED) is 0.232. The summed E-state index contributed by atoms with van der Waals surface area (Å²) in [5, 5.41) is 19.1. The van der Waals surface area contributed by atoms with Crippen LogP contribution >= 0.6 is 11.3 Å². The van der Waals surface area contributed by atoms with Gasteiger partial charge in [-0.25, -0.2) is 4.98 Å². The van der Waals surface area contributed by atoms with Gasteiger partial charge in [0.05, 0.1) is 24.6 Å². The number of nitrogens with one attached hydrogen (secondary N) is 2. The van der Waals surface area contributed by atoms with Gasteiger partial charge >= 0.3 is 0 Å². The summed E-state index contributed by atoms with van der Waals surface area (Å²) in [6, 6.07) is 26.5. The van der Waals surface area contributed by atoms with Crippen LogP contribution in [0.25, 0.3) is 0 Å². The molecule has 2 amide bonds. The second-order valence-corrected chi connectivity index (χ2v) is 11.5. The summed E-state index contributed by atoms with van der Waals surface area (Å²) in [5.74, 6) is 0.365. The number of aromatic nitrogens is 1. The van der Waals surface area contributed by atoms with Crippen molar-refractivity contribution in [3.63, 3.8) is 0 Å². The van der Waals surface area contributed by atoms with Crippen LogP contribution in [0.4, 0.5) is 5.13 Å². The molecule has 1 fully saturated rings. The van der Waals surface area contributed by atoms with E-state index in [1.165, 1.54) is 0 Å². The molecule has 0 spiro atoms. The van der Waals surface area contributed by atoms with Gasteiger partial charge in [-0.15, -0.1) is 11.3 Å². The Labute approximate surface area is 251 Å². The van der Waals surface area contributed by atoms with E-state index in [1.54, 1.807) is 23.5 Å². The number of hydrogen-bond donors (Lipinski definition) is 3. The van der Waals surface area contributed by atoms with Crippen LogP contribution in [0.15, 0.2) is 90.3 Å². The second-order valence-electron chi connectivity index (χ2n) is 10.6. The van der Waals surface area contributed by atoms with E-state index in [0.717, 1.165) is 60.2 Å². The third-order valence-corrected chi connectivity index (χ3v) is 8.20. The average molecular weight is 584 g/mol. The molecule has 3 N–H and O–H groups in total. The fourth-order valence-corrected chi connectivity index (χ4v) is 5.80. The molecule has 1 aliphatic rings. The molecular formula is C33H37N5O3S. The van der Waals surface area contributed by atoms with Crippen LogP contribution in [-0.4, -0.2) is 70.5 Å². The Morgan fingerprint density at radius 1 is 0.833 bits per heavy atom. The molecule has 3 aromatic carbocycles. The van der Waals surface area contributed by atoms with E-state index in [2.05, 4.69) is 20.9 Å². The smallest absolute Gasteiger partial charge is 0.227 e. The zero-order chi connectivity index (χ0) is 29.1. The number of carbonyl (C=O) groups is 2. The van der Waals surface area contributed by atoms with Crippen molar-refractivity contribution in [3.05, 3.63) is 113 Å². The van der Waals surface area contributed by atoms with Gasteiger partial charge in [-0.2, -0.15) is 0 Å². The van der Waals surface area contributed by atoms with Crippen LogP contribution in [0.1, 0.15) is 22.4 Å². The normalized spacial score (nSPS) is 14.3. The van der Waals surface area contributed by atoms with Crippen molar-refractivity contribution in [1.82, 2.24) is 20.1 Å². The number of hydrogen-bond acceptors (Lipinski definition) is 7. The van der Waals surface area contributed by atoms with Gasteiger partial charge in [0.1, 0.15) is 5.75 Å². The topological polar surface area (TPSA) is 97.8 Å². The first kappa shape index (κ1) is 29.3. The fraction of sp³-hybridized carbons (Fsp3) is 0.303. The molecule has 2 heterocycles. The maximum Gasteiger partial charge on any atom is 0.227 e. The molecule has 5 rings (SSSR count). The Morgan fingerprint density at radius 2 is 1.48 bits per heavy atom. The number of phenols is 1. The van der Waals surface area contributed by atoms with E-state index >= 15 is 0 Å². The van der Waals surface area contributed by atoms with Gasteiger partial charge in [-0.1, -0.05) is 72.8 Å². The lowest BCUT2D eigenvalue weighted by molar-refractivity contribution is -0.132. The maximum atomic E-state index is 12.8. The average Bonchev–Trinajstić information content (AvgIpc) is 3.45. The molecule has 4 aromatic rings. The molecule has 1 atom stereocenters. The van der Waals surface area contributed by atoms with Crippen molar-refractivity contribution in [2.75, 3.05) is 38.0 Å². The van der Waals surface area contributed by atoms with Crippen LogP contribution in [0.5, 0.6) is 5.75 Å². The van der Waals surface area contributed by atoms with E-state index in [4.69, 9.17) is 4.98 Å². The minimum atomic E-state index is -0.153. The molecule has 1 aliphatic heterocycles. The number of carbonyl (C=O) groups excluding carboxylic acids is 2. The third kappa shape index (κ3) is 8.89. The Morgan fingerprint density at radius 3 is 2.14 bits per heavy atom. The molecule has 218 valence electrons. The number of nitrogens with zero attached hydrogens (tertiary/aromatic N) is 3. The minimum Gasteiger partial charge on any atom is -0.508 e. The monoisotopic (exact) mass is 583 g/mol. The summed E-state index contributed by atoms with van der Waals surface area (Å²) in [6.45, 7) is 4.36. The minimum absolute atomic E-state index is 0.0343. The first-order valence-corrected chi connectivity index (χ1v) is 15.2. The van der Waals surface area contributed by atoms with Gasteiger partial charge in [0.2, 0.25) is 11.8 Å². The summed E-state index contributed by atoms with van der Waals surface area (Å²) in [5.41, 5.74) is 4.04. The number of rotatable bonds is 12. The van der Waals surface area contributed by atoms with Gasteiger partial charge in [-0.05, 0) is 35.2 Å². The summed E-state index contributed by atoms with van der Waals surface area (Å²) >= 11 is 1.56. The van der Waals surface area contributed by atoms with Gasteiger partial charge in [0.25, 0.3) is 0 Å². The summed E-state index contributed by atoms with van der Waals surface area (Å²) in [6.07, 6.45) is 1.39. The molecule has 0 saturated carbocycles. The second kappa shape index (κ2) is 14.6. The van der Waals surface area contributed by atoms with Crippen molar-refractivity contribution in [2.45, 2.75) is 31.8 Å². The molecular weight excluding hydrogens is 546 g/mol. The highest BCUT2D eigenvalue weighted by atomic mass is 32.1. The van der Waals surface area contributed by atoms with E-state index in [9.17, 15) is 14.7 Å². The zero-order valence-electron chi connectivity index (χ0n) is 23.6. The Hall–Kier alpha value is -4.21. The van der Waals surface area contributed by atoms with Crippen molar-refractivity contribution < 1.29 is 14.7 Å². The Kier molecular flexibility index (Phi) is 10.2. The van der Waals surface area contributed by atoms with Gasteiger partial charge in [0.15, 0.2) is 5.13 Å². The van der Waals surface area contributed by atoms with E-state index in [0.29, 0.717) is 25.8 Å². The van der Waals surface area contributed by atoms with Crippen LogP contribution < -0.4 is 10.6 Å². The van der Waals surface area contributed by atoms with E-state index in [1.807, 2.05) is 77.7 Å². The summed E-state index contributed by atoms with van der Waals surface area (Å²) in [7, 11) is 0. The predicted molar refractivity (Wildman–Crippen MR) is 166 cm³/mol. The number of piperazine rings is 1. The number of thiazole rings is 1. The van der Waals surface area contributed by atoms with Crippen LogP contribution in [0.3, 0.4) is 0 Å². The highest BCUT2D eigenvalue weighted by molar-refractivity contribution is 7.13. The molecule has 0 aliphatic carbocycles. The summed E-state index contributed by atoms with van der Waals surface area (Å²) < 4.78 is 0. The molecule has 1 aromatic heterocycles. The van der Waals surface area contributed by atoms with Crippen molar-refractivity contribution >= 4 is 28.3 Å². The van der Waals surface area contributed by atoms with Gasteiger partial charge in [-0.3, -0.25) is 14.5 Å². The Bertz CT molecular complexity index is 1420. The van der Waals surface area contributed by atoms with Crippen molar-refractivity contribution in [2.24, 2.45) is 0 Å². The number of benzene rings is 3. The number of aromatic hydroxyl groups is 1. The van der Waals surface area contributed by atoms with Gasteiger partial charge < -0.3 is 20.6 Å². The molecule has 9 heteroatoms. The van der Waals surface area contributed by atoms with Crippen LogP contribution in [-0.2, 0) is 35.4 Å². The van der Waals surface area contributed by atoms with Crippen molar-refractivity contribution in [3.8, 4) is 5.75 Å². The third-order valence-electron chi connectivity index (χ3n) is 7.35. The SMILES string of the molecule is O=C(Cc1ccccc1)N[C@@H](CNc1nc(CN2CCN(C(=O)Cc3ccccc3)CC2)cs1)Cc1ccc(O)cc1. The number of amides is 2. The molecule has 1 saturated heterocycles. The predicted octanol–water partition coefficient (Wildman–Crippen LogP) is 4.12. The molecule has 0 bridgehead atoms. The lowest BCUT2D eigenvalue weighted by Gasteiger charge is -2.34. The molecule has 0 radical (unpaired) electrons. The van der Waals surface area contributed by atoms with E-state index < -0.39 is 0 Å². The van der Waals surface area contributed by atoms with E-state index in [-0.39, 0.29) is 23.6 Å². The molecule has 0 unspecified atom stereocenters. The largest absolute Gasteiger partial charge is 0.508 e. The van der Waals surface area contributed by atoms with Crippen LogP contribution in [0.2, 0.25) is 0 Å². The summed E-state index contributed by atoms with van der Waals surface area (Å²) in [4.78, 5) is 34.6. The number of phenolic OH excluding ortho intramolecular Hbond substituents is 1. The highest BCUT2D eigenvalue weighted by Gasteiger charge is 2.22. The van der Waals surface area contributed by atoms with Crippen molar-refractivity contribution in [1.29, 1.82) is 0 Å².